The zero-order chi connectivity index (χ0) is 34.4. The lowest BCUT2D eigenvalue weighted by molar-refractivity contribution is 0.672. The van der Waals surface area contributed by atoms with Gasteiger partial charge in [0.05, 0.1) is 16.8 Å². The lowest BCUT2D eigenvalue weighted by atomic mass is 9.93. The molecule has 0 atom stereocenters. The summed E-state index contributed by atoms with van der Waals surface area (Å²) in [5.74, 6) is 0. The Labute approximate surface area is 302 Å². The topological polar surface area (TPSA) is 16.4 Å². The summed E-state index contributed by atoms with van der Waals surface area (Å²) in [5.41, 5.74) is 12.1. The summed E-state index contributed by atoms with van der Waals surface area (Å²) in [7, 11) is 0. The highest BCUT2D eigenvalue weighted by atomic mass is 16.3. The molecule has 0 saturated heterocycles. The third-order valence-corrected chi connectivity index (χ3v) is 10.2. The van der Waals surface area contributed by atoms with Crippen LogP contribution in [0.2, 0.25) is 0 Å². The van der Waals surface area contributed by atoms with Crippen LogP contribution in [0.25, 0.3) is 76.9 Å². The second kappa shape index (κ2) is 12.5. The van der Waals surface area contributed by atoms with Crippen LogP contribution in [0.15, 0.2) is 205 Å². The Bertz CT molecular complexity index is 2890. The van der Waals surface area contributed by atoms with Gasteiger partial charge in [-0.3, -0.25) is 0 Å². The third-order valence-electron chi connectivity index (χ3n) is 10.2. The second-order valence-electron chi connectivity index (χ2n) is 13.3. The highest BCUT2D eigenvalue weighted by Crippen LogP contribution is 2.48. The molecule has 0 aliphatic rings. The van der Waals surface area contributed by atoms with Crippen LogP contribution < -0.4 is 4.90 Å². The third kappa shape index (κ3) is 5.04. The number of hydrogen-bond donors (Lipinski definition) is 0. The summed E-state index contributed by atoms with van der Waals surface area (Å²) in [6, 6.07) is 71.6. The standard InChI is InChI=1S/C50H33NO/c1-3-14-34(15-4-1)36-28-30-40(31-29-36)51(46-23-12-11-20-41(46)37-17-5-2-6-18-37)47-24-13-25-48-49(47)45-33-44(42-21-9-10-22-43(42)50(45)52-48)39-27-26-35-16-7-8-19-38(35)32-39/h1-33H. The average molecular weight is 664 g/mol. The smallest absolute Gasteiger partial charge is 0.143 e. The summed E-state index contributed by atoms with van der Waals surface area (Å²) in [4.78, 5) is 2.40. The van der Waals surface area contributed by atoms with Crippen molar-refractivity contribution in [3.63, 3.8) is 0 Å². The molecule has 10 rings (SSSR count). The van der Waals surface area contributed by atoms with E-state index < -0.39 is 0 Å². The summed E-state index contributed by atoms with van der Waals surface area (Å²) in [5, 5.41) is 6.92. The Kier molecular flexibility index (Phi) is 7.18. The van der Waals surface area contributed by atoms with Gasteiger partial charge in [-0.2, -0.15) is 0 Å². The van der Waals surface area contributed by atoms with Gasteiger partial charge in [-0.15, -0.1) is 0 Å². The first kappa shape index (κ1) is 30.0. The molecular weight excluding hydrogens is 631 g/mol. The van der Waals surface area contributed by atoms with Crippen molar-refractivity contribution in [3.8, 4) is 33.4 Å². The highest BCUT2D eigenvalue weighted by Gasteiger charge is 2.23. The monoisotopic (exact) mass is 663 g/mol. The molecule has 0 aliphatic carbocycles. The molecule has 10 aromatic rings. The number of nitrogens with zero attached hydrogens (tertiary/aromatic N) is 1. The quantitative estimate of drug-likeness (QED) is 0.176. The predicted octanol–water partition coefficient (Wildman–Crippen LogP) is 14.4. The molecule has 0 amide bonds. The summed E-state index contributed by atoms with van der Waals surface area (Å²) < 4.78 is 6.85. The van der Waals surface area contributed by atoms with Crippen LogP contribution in [0.1, 0.15) is 0 Å². The molecule has 52 heavy (non-hydrogen) atoms. The van der Waals surface area contributed by atoms with Crippen LogP contribution in [-0.2, 0) is 0 Å². The van der Waals surface area contributed by atoms with Gasteiger partial charge in [0, 0.05) is 22.0 Å². The Morgan fingerprint density at radius 1 is 0.346 bits per heavy atom. The van der Waals surface area contributed by atoms with Crippen molar-refractivity contribution in [2.75, 3.05) is 4.90 Å². The SMILES string of the molecule is c1ccc(-c2ccc(N(c3ccccc3-c3ccccc3)c3cccc4oc5c6ccccc6c(-c6ccc7ccccc7c6)cc5c34)cc2)cc1. The van der Waals surface area contributed by atoms with Crippen LogP contribution >= 0.6 is 0 Å². The van der Waals surface area contributed by atoms with Crippen molar-refractivity contribution in [2.24, 2.45) is 0 Å². The Balaban J connectivity index is 1.25. The van der Waals surface area contributed by atoms with Crippen molar-refractivity contribution in [1.29, 1.82) is 0 Å². The van der Waals surface area contributed by atoms with E-state index in [-0.39, 0.29) is 0 Å². The minimum absolute atomic E-state index is 0.858. The molecule has 2 nitrogen and oxygen atoms in total. The molecule has 0 aliphatic heterocycles. The van der Waals surface area contributed by atoms with Gasteiger partial charge in [0.2, 0.25) is 0 Å². The highest BCUT2D eigenvalue weighted by molar-refractivity contribution is 6.23. The van der Waals surface area contributed by atoms with Crippen LogP contribution in [0.5, 0.6) is 0 Å². The number of rotatable bonds is 6. The lowest BCUT2D eigenvalue weighted by Gasteiger charge is -2.28. The number of fused-ring (bicyclic) bond motifs is 6. The number of furan rings is 1. The number of para-hydroxylation sites is 1. The normalized spacial score (nSPS) is 11.5. The zero-order valence-corrected chi connectivity index (χ0v) is 28.4. The molecule has 0 N–H and O–H groups in total. The maximum atomic E-state index is 6.85. The first-order valence-electron chi connectivity index (χ1n) is 17.8. The molecule has 1 aromatic heterocycles. The van der Waals surface area contributed by atoms with E-state index in [0.29, 0.717) is 0 Å². The Morgan fingerprint density at radius 3 is 1.77 bits per heavy atom. The van der Waals surface area contributed by atoms with E-state index in [1.165, 1.54) is 38.4 Å². The molecule has 0 bridgehead atoms. The Hall–Kier alpha value is -6.90. The molecule has 0 saturated carbocycles. The fraction of sp³-hybridized carbons (Fsp3) is 0. The second-order valence-corrected chi connectivity index (χ2v) is 13.3. The van der Waals surface area contributed by atoms with Gasteiger partial charge in [0.1, 0.15) is 11.2 Å². The molecule has 2 heteroatoms. The van der Waals surface area contributed by atoms with E-state index in [2.05, 4.69) is 205 Å². The van der Waals surface area contributed by atoms with Gasteiger partial charge >= 0.3 is 0 Å². The van der Waals surface area contributed by atoms with Crippen molar-refractivity contribution in [3.05, 3.63) is 200 Å². The van der Waals surface area contributed by atoms with E-state index in [4.69, 9.17) is 4.42 Å². The Morgan fingerprint density at radius 2 is 0.962 bits per heavy atom. The summed E-state index contributed by atoms with van der Waals surface area (Å²) in [6.45, 7) is 0. The molecule has 0 radical (unpaired) electrons. The maximum Gasteiger partial charge on any atom is 0.143 e. The van der Waals surface area contributed by atoms with Crippen LogP contribution in [0, 0.1) is 0 Å². The van der Waals surface area contributed by atoms with Crippen LogP contribution in [0.3, 0.4) is 0 Å². The molecular formula is C50H33NO. The van der Waals surface area contributed by atoms with Gasteiger partial charge in [-0.25, -0.2) is 0 Å². The molecule has 0 spiro atoms. The maximum absolute atomic E-state index is 6.85. The lowest BCUT2D eigenvalue weighted by Crippen LogP contribution is -2.11. The van der Waals surface area contributed by atoms with Gasteiger partial charge < -0.3 is 9.32 Å². The molecule has 244 valence electrons. The first-order valence-corrected chi connectivity index (χ1v) is 17.8. The van der Waals surface area contributed by atoms with Crippen molar-refractivity contribution in [2.45, 2.75) is 0 Å². The van der Waals surface area contributed by atoms with Gasteiger partial charge in [0.25, 0.3) is 0 Å². The largest absolute Gasteiger partial charge is 0.455 e. The predicted molar refractivity (Wildman–Crippen MR) is 220 cm³/mol. The van der Waals surface area contributed by atoms with Gasteiger partial charge in [-0.05, 0) is 86.4 Å². The van der Waals surface area contributed by atoms with Crippen LogP contribution in [-0.4, -0.2) is 0 Å². The van der Waals surface area contributed by atoms with Crippen molar-refractivity contribution in [1.82, 2.24) is 0 Å². The van der Waals surface area contributed by atoms with E-state index in [1.807, 2.05) is 0 Å². The fourth-order valence-electron chi connectivity index (χ4n) is 7.78. The van der Waals surface area contributed by atoms with Crippen molar-refractivity contribution >= 4 is 60.5 Å². The average Bonchev–Trinajstić information content (AvgIpc) is 3.61. The van der Waals surface area contributed by atoms with E-state index in [0.717, 1.165) is 55.5 Å². The van der Waals surface area contributed by atoms with E-state index in [1.54, 1.807) is 0 Å². The number of hydrogen-bond acceptors (Lipinski definition) is 2. The fourth-order valence-corrected chi connectivity index (χ4v) is 7.78. The van der Waals surface area contributed by atoms with E-state index in [9.17, 15) is 0 Å². The van der Waals surface area contributed by atoms with Gasteiger partial charge in [0.15, 0.2) is 0 Å². The van der Waals surface area contributed by atoms with Gasteiger partial charge in [-0.1, -0.05) is 158 Å². The molecule has 0 fully saturated rings. The minimum Gasteiger partial charge on any atom is -0.455 e. The molecule has 1 heterocycles. The summed E-state index contributed by atoms with van der Waals surface area (Å²) >= 11 is 0. The van der Waals surface area contributed by atoms with Crippen molar-refractivity contribution < 1.29 is 4.42 Å². The molecule has 9 aromatic carbocycles. The number of benzene rings is 9. The first-order chi connectivity index (χ1) is 25.8. The summed E-state index contributed by atoms with van der Waals surface area (Å²) in [6.07, 6.45) is 0. The number of anilines is 3. The van der Waals surface area contributed by atoms with E-state index >= 15 is 0 Å². The van der Waals surface area contributed by atoms with Crippen LogP contribution in [0.4, 0.5) is 17.1 Å². The molecule has 0 unspecified atom stereocenters. The minimum atomic E-state index is 0.858. The zero-order valence-electron chi connectivity index (χ0n) is 28.4.